The normalized spacial score (nSPS) is 17.3. The smallest absolute Gasteiger partial charge is 0.339 e. The van der Waals surface area contributed by atoms with E-state index in [1.165, 1.54) is 18.2 Å². The second-order valence-corrected chi connectivity index (χ2v) is 2.98. The average Bonchev–Trinajstić information content (AvgIpc) is 2.42. The zero-order chi connectivity index (χ0) is 10.3. The Labute approximate surface area is 77.9 Å². The predicted octanol–water partition coefficient (Wildman–Crippen LogP) is 1.87. The van der Waals surface area contributed by atoms with Gasteiger partial charge in [0.25, 0.3) is 0 Å². The van der Waals surface area contributed by atoms with E-state index in [1.807, 2.05) is 0 Å². The van der Waals surface area contributed by atoms with E-state index in [2.05, 4.69) is 4.74 Å². The van der Waals surface area contributed by atoms with Crippen LogP contribution in [0.4, 0.5) is 8.78 Å². The van der Waals surface area contributed by atoms with Crippen molar-refractivity contribution >= 4 is 5.97 Å². The predicted molar refractivity (Wildman–Crippen MR) is 42.8 cm³/mol. The number of benzene rings is 1. The SMILES string of the molecule is O=C(O)c1cccc2c1OCC2(F)F. The third-order valence-corrected chi connectivity index (χ3v) is 2.04. The lowest BCUT2D eigenvalue weighted by Crippen LogP contribution is -2.14. The number of aromatic carboxylic acids is 1. The van der Waals surface area contributed by atoms with Gasteiger partial charge in [-0.25, -0.2) is 4.79 Å². The van der Waals surface area contributed by atoms with Crippen LogP contribution in [0.15, 0.2) is 18.2 Å². The minimum Gasteiger partial charge on any atom is -0.485 e. The van der Waals surface area contributed by atoms with Gasteiger partial charge >= 0.3 is 11.9 Å². The van der Waals surface area contributed by atoms with Gasteiger partial charge < -0.3 is 9.84 Å². The molecule has 0 saturated heterocycles. The first-order valence-corrected chi connectivity index (χ1v) is 3.90. The number of hydrogen-bond donors (Lipinski definition) is 1. The maximum atomic E-state index is 13.1. The second-order valence-electron chi connectivity index (χ2n) is 2.98. The standard InChI is InChI=1S/C9H6F2O3/c10-9(11)4-14-7-5(8(12)13)2-1-3-6(7)9/h1-3H,4H2,(H,12,13). The number of carboxylic acid groups (broad SMARTS) is 1. The van der Waals surface area contributed by atoms with Crippen molar-refractivity contribution in [2.45, 2.75) is 5.92 Å². The zero-order valence-electron chi connectivity index (χ0n) is 6.96. The molecule has 0 aliphatic carbocycles. The van der Waals surface area contributed by atoms with Gasteiger partial charge in [0.15, 0.2) is 6.61 Å². The molecule has 5 heteroatoms. The van der Waals surface area contributed by atoms with E-state index in [0.717, 1.165) is 0 Å². The molecule has 0 unspecified atom stereocenters. The van der Waals surface area contributed by atoms with E-state index >= 15 is 0 Å². The molecular formula is C9H6F2O3. The Bertz CT molecular complexity index is 401. The van der Waals surface area contributed by atoms with Gasteiger partial charge in [0.2, 0.25) is 0 Å². The van der Waals surface area contributed by atoms with E-state index in [4.69, 9.17) is 5.11 Å². The zero-order valence-corrected chi connectivity index (χ0v) is 6.96. The molecule has 1 N–H and O–H groups in total. The Morgan fingerprint density at radius 1 is 1.50 bits per heavy atom. The lowest BCUT2D eigenvalue weighted by Gasteiger charge is -2.05. The minimum absolute atomic E-state index is 0.218. The van der Waals surface area contributed by atoms with Crippen LogP contribution < -0.4 is 4.74 Å². The van der Waals surface area contributed by atoms with Crippen LogP contribution in [-0.2, 0) is 5.92 Å². The van der Waals surface area contributed by atoms with Gasteiger partial charge in [-0.15, -0.1) is 0 Å². The molecule has 1 heterocycles. The summed E-state index contributed by atoms with van der Waals surface area (Å²) in [6.07, 6.45) is 0. The number of carboxylic acids is 1. The van der Waals surface area contributed by atoms with Crippen LogP contribution in [0.3, 0.4) is 0 Å². The van der Waals surface area contributed by atoms with Gasteiger partial charge in [-0.3, -0.25) is 0 Å². The molecule has 1 aromatic carbocycles. The first kappa shape index (κ1) is 8.93. The van der Waals surface area contributed by atoms with Crippen molar-refractivity contribution < 1.29 is 23.4 Å². The Morgan fingerprint density at radius 3 is 2.86 bits per heavy atom. The van der Waals surface area contributed by atoms with Crippen LogP contribution in [0.1, 0.15) is 15.9 Å². The van der Waals surface area contributed by atoms with Gasteiger partial charge in [0, 0.05) is 0 Å². The molecule has 1 aromatic rings. The van der Waals surface area contributed by atoms with Crippen LogP contribution in [0.25, 0.3) is 0 Å². The molecule has 2 rings (SSSR count). The number of ether oxygens (including phenoxy) is 1. The number of halogens is 2. The lowest BCUT2D eigenvalue weighted by atomic mass is 10.1. The molecule has 1 aliphatic heterocycles. The summed E-state index contributed by atoms with van der Waals surface area (Å²) in [7, 11) is 0. The summed E-state index contributed by atoms with van der Waals surface area (Å²) in [6, 6.07) is 3.70. The number of para-hydroxylation sites is 1. The van der Waals surface area contributed by atoms with Crippen molar-refractivity contribution in [2.75, 3.05) is 6.61 Å². The monoisotopic (exact) mass is 200 g/mol. The molecule has 0 atom stereocenters. The molecule has 0 aromatic heterocycles. The van der Waals surface area contributed by atoms with E-state index < -0.39 is 18.5 Å². The van der Waals surface area contributed by atoms with E-state index in [1.54, 1.807) is 0 Å². The molecule has 0 saturated carbocycles. The Balaban J connectivity index is 2.61. The summed E-state index contributed by atoms with van der Waals surface area (Å²) in [5.74, 6) is -4.56. The number of hydrogen-bond acceptors (Lipinski definition) is 2. The van der Waals surface area contributed by atoms with Crippen molar-refractivity contribution in [3.8, 4) is 5.75 Å². The molecule has 0 bridgehead atoms. The molecular weight excluding hydrogens is 194 g/mol. The third-order valence-electron chi connectivity index (χ3n) is 2.04. The van der Waals surface area contributed by atoms with Crippen LogP contribution in [-0.4, -0.2) is 17.7 Å². The molecule has 1 aliphatic rings. The Morgan fingerprint density at radius 2 is 2.21 bits per heavy atom. The number of carbonyl (C=O) groups is 1. The molecule has 0 radical (unpaired) electrons. The fraction of sp³-hybridized carbons (Fsp3) is 0.222. The molecule has 14 heavy (non-hydrogen) atoms. The van der Waals surface area contributed by atoms with Gasteiger partial charge in [0.1, 0.15) is 11.3 Å². The highest BCUT2D eigenvalue weighted by molar-refractivity contribution is 5.91. The van der Waals surface area contributed by atoms with Gasteiger partial charge in [-0.1, -0.05) is 6.07 Å². The van der Waals surface area contributed by atoms with Crippen molar-refractivity contribution in [1.82, 2.24) is 0 Å². The number of fused-ring (bicyclic) bond motifs is 1. The highest BCUT2D eigenvalue weighted by atomic mass is 19.3. The second kappa shape index (κ2) is 2.67. The Hall–Kier alpha value is -1.65. The lowest BCUT2D eigenvalue weighted by molar-refractivity contribution is -0.0214. The van der Waals surface area contributed by atoms with Gasteiger partial charge in [-0.2, -0.15) is 8.78 Å². The summed E-state index contributed by atoms with van der Waals surface area (Å²) in [5, 5.41) is 8.69. The maximum Gasteiger partial charge on any atom is 0.339 e. The van der Waals surface area contributed by atoms with Gasteiger partial charge in [0.05, 0.1) is 5.56 Å². The molecule has 74 valence electrons. The molecule has 0 spiro atoms. The van der Waals surface area contributed by atoms with Crippen molar-refractivity contribution in [1.29, 1.82) is 0 Å². The Kier molecular flexibility index (Phi) is 1.70. The highest BCUT2D eigenvalue weighted by Gasteiger charge is 2.43. The fourth-order valence-electron chi connectivity index (χ4n) is 1.39. The van der Waals surface area contributed by atoms with Gasteiger partial charge in [-0.05, 0) is 12.1 Å². The van der Waals surface area contributed by atoms with E-state index in [-0.39, 0.29) is 16.9 Å². The van der Waals surface area contributed by atoms with E-state index in [0.29, 0.717) is 0 Å². The molecule has 0 amide bonds. The van der Waals surface area contributed by atoms with Crippen molar-refractivity contribution in [2.24, 2.45) is 0 Å². The summed E-state index contributed by atoms with van der Waals surface area (Å²) < 4.78 is 30.8. The van der Waals surface area contributed by atoms with Crippen LogP contribution >= 0.6 is 0 Å². The van der Waals surface area contributed by atoms with Crippen molar-refractivity contribution in [3.63, 3.8) is 0 Å². The maximum absolute atomic E-state index is 13.1. The van der Waals surface area contributed by atoms with Crippen LogP contribution in [0.2, 0.25) is 0 Å². The molecule has 3 nitrogen and oxygen atoms in total. The van der Waals surface area contributed by atoms with E-state index in [9.17, 15) is 13.6 Å². The topological polar surface area (TPSA) is 46.5 Å². The quantitative estimate of drug-likeness (QED) is 0.752. The summed E-state index contributed by atoms with van der Waals surface area (Å²) >= 11 is 0. The number of alkyl halides is 2. The highest BCUT2D eigenvalue weighted by Crippen LogP contribution is 2.42. The van der Waals surface area contributed by atoms with Crippen molar-refractivity contribution in [3.05, 3.63) is 29.3 Å². The minimum atomic E-state index is -3.08. The largest absolute Gasteiger partial charge is 0.485 e. The van der Waals surface area contributed by atoms with Crippen LogP contribution in [0.5, 0.6) is 5.75 Å². The summed E-state index contributed by atoms with van der Waals surface area (Å²) in [6.45, 7) is -0.785. The van der Waals surface area contributed by atoms with Crippen LogP contribution in [0, 0.1) is 0 Å². The summed E-state index contributed by atoms with van der Waals surface area (Å²) in [4.78, 5) is 10.6. The fourth-order valence-corrected chi connectivity index (χ4v) is 1.39. The molecule has 0 fully saturated rings. The third kappa shape index (κ3) is 1.13. The summed E-state index contributed by atoms with van der Waals surface area (Å²) in [5.41, 5.74) is -0.572. The number of rotatable bonds is 1. The average molecular weight is 200 g/mol. The first-order valence-electron chi connectivity index (χ1n) is 3.90. The first-order chi connectivity index (χ1) is 6.52.